The van der Waals surface area contributed by atoms with E-state index < -0.39 is 0 Å². The van der Waals surface area contributed by atoms with Gasteiger partial charge in [-0.25, -0.2) is 9.78 Å². The molecule has 0 saturated carbocycles. The molecule has 3 rings (SSSR count). The van der Waals surface area contributed by atoms with E-state index in [0.29, 0.717) is 11.6 Å². The number of aromatic nitrogens is 2. The number of hydrogen-bond acceptors (Lipinski definition) is 3. The number of hydrogen-bond donors (Lipinski definition) is 2. The van der Waals surface area contributed by atoms with Crippen LogP contribution in [-0.4, -0.2) is 27.9 Å². The summed E-state index contributed by atoms with van der Waals surface area (Å²) in [5, 5.41) is 6.61. The standard InChI is InChI=1S/C21H23ClN4OS/c1-26-14-13-23-20(26)19(16-8-10-17(22)11-9-16)25-21(27)24-12-5-15-28-18-6-3-2-4-7-18/h2-4,6-11,13-14,19H,5,12,15H2,1H3,(H2,24,25,27)/t19-/m0/s1. The van der Waals surface area contributed by atoms with E-state index in [9.17, 15) is 4.79 Å². The molecule has 1 heterocycles. The van der Waals surface area contributed by atoms with Gasteiger partial charge < -0.3 is 15.2 Å². The number of nitrogens with one attached hydrogen (secondary N) is 2. The molecule has 0 aliphatic heterocycles. The van der Waals surface area contributed by atoms with Crippen molar-refractivity contribution in [2.75, 3.05) is 12.3 Å². The minimum absolute atomic E-state index is 0.215. The number of carbonyl (C=O) groups is 1. The van der Waals surface area contributed by atoms with Gasteiger partial charge >= 0.3 is 6.03 Å². The highest BCUT2D eigenvalue weighted by Gasteiger charge is 2.20. The van der Waals surface area contributed by atoms with Crippen molar-refractivity contribution < 1.29 is 4.79 Å². The summed E-state index contributed by atoms with van der Waals surface area (Å²) in [6.45, 7) is 0.611. The van der Waals surface area contributed by atoms with Crippen LogP contribution in [0.4, 0.5) is 4.79 Å². The third kappa shape index (κ3) is 5.78. The van der Waals surface area contributed by atoms with Gasteiger partial charge in [0.15, 0.2) is 0 Å². The topological polar surface area (TPSA) is 59.0 Å². The van der Waals surface area contributed by atoms with Crippen molar-refractivity contribution >= 4 is 29.4 Å². The Bertz CT molecular complexity index is 883. The van der Waals surface area contributed by atoms with Crippen molar-refractivity contribution in [1.82, 2.24) is 20.2 Å². The third-order valence-electron chi connectivity index (χ3n) is 4.21. The lowest BCUT2D eigenvalue weighted by Gasteiger charge is -2.19. The maximum absolute atomic E-state index is 12.4. The molecule has 5 nitrogen and oxygen atoms in total. The molecule has 0 spiro atoms. The first-order valence-electron chi connectivity index (χ1n) is 9.08. The largest absolute Gasteiger partial charge is 0.338 e. The molecule has 7 heteroatoms. The summed E-state index contributed by atoms with van der Waals surface area (Å²) in [6.07, 6.45) is 4.47. The lowest BCUT2D eigenvalue weighted by Crippen LogP contribution is -2.39. The molecule has 2 amide bonds. The van der Waals surface area contributed by atoms with E-state index in [-0.39, 0.29) is 12.1 Å². The number of halogens is 1. The summed E-state index contributed by atoms with van der Waals surface area (Å²) in [4.78, 5) is 18.1. The average molecular weight is 415 g/mol. The molecular formula is C21H23ClN4OS. The number of amides is 2. The second-order valence-electron chi connectivity index (χ2n) is 6.30. The zero-order chi connectivity index (χ0) is 19.8. The zero-order valence-electron chi connectivity index (χ0n) is 15.6. The number of carbonyl (C=O) groups excluding carboxylic acids is 1. The summed E-state index contributed by atoms with van der Waals surface area (Å²) >= 11 is 7.78. The second kappa shape index (κ2) is 10.2. The van der Waals surface area contributed by atoms with Crippen LogP contribution in [0.1, 0.15) is 23.9 Å². The highest BCUT2D eigenvalue weighted by atomic mass is 35.5. The molecule has 0 fully saturated rings. The molecule has 1 aromatic heterocycles. The summed E-state index contributed by atoms with van der Waals surface area (Å²) in [6, 6.07) is 17.1. The van der Waals surface area contributed by atoms with E-state index in [4.69, 9.17) is 11.6 Å². The van der Waals surface area contributed by atoms with Crippen molar-refractivity contribution in [2.45, 2.75) is 17.4 Å². The van der Waals surface area contributed by atoms with Crippen LogP contribution in [0.15, 0.2) is 71.9 Å². The SMILES string of the molecule is Cn1ccnc1[C@@H](NC(=O)NCCCSc1ccccc1)c1ccc(Cl)cc1. The van der Waals surface area contributed by atoms with E-state index in [0.717, 1.165) is 23.6 Å². The molecule has 0 unspecified atom stereocenters. The predicted octanol–water partition coefficient (Wildman–Crippen LogP) is 4.64. The highest BCUT2D eigenvalue weighted by molar-refractivity contribution is 7.99. The van der Waals surface area contributed by atoms with Crippen molar-refractivity contribution in [2.24, 2.45) is 7.05 Å². The molecular weight excluding hydrogens is 392 g/mol. The number of aryl methyl sites for hydroxylation is 1. The Morgan fingerprint density at radius 1 is 1.18 bits per heavy atom. The Hall–Kier alpha value is -2.44. The minimum atomic E-state index is -0.351. The molecule has 2 N–H and O–H groups in total. The predicted molar refractivity (Wildman–Crippen MR) is 115 cm³/mol. The van der Waals surface area contributed by atoms with Crippen LogP contribution in [0.5, 0.6) is 0 Å². The molecule has 2 aromatic carbocycles. The lowest BCUT2D eigenvalue weighted by atomic mass is 10.1. The number of nitrogens with zero attached hydrogens (tertiary/aromatic N) is 2. The normalized spacial score (nSPS) is 11.8. The summed E-state index contributed by atoms with van der Waals surface area (Å²) in [5.41, 5.74) is 0.925. The van der Waals surface area contributed by atoms with E-state index in [1.54, 1.807) is 18.0 Å². The Balaban J connectivity index is 1.53. The Kier molecular flexibility index (Phi) is 7.39. The van der Waals surface area contributed by atoms with Crippen molar-refractivity contribution in [3.63, 3.8) is 0 Å². The molecule has 0 saturated heterocycles. The van der Waals surface area contributed by atoms with Gasteiger partial charge in [0.1, 0.15) is 11.9 Å². The van der Waals surface area contributed by atoms with Gasteiger partial charge in [-0.2, -0.15) is 0 Å². The smallest absolute Gasteiger partial charge is 0.315 e. The van der Waals surface area contributed by atoms with E-state index in [1.165, 1.54) is 4.90 Å². The van der Waals surface area contributed by atoms with Gasteiger partial charge in [0.05, 0.1) is 0 Å². The third-order valence-corrected chi connectivity index (χ3v) is 5.56. The van der Waals surface area contributed by atoms with Gasteiger partial charge in [0.2, 0.25) is 0 Å². The molecule has 0 aliphatic carbocycles. The number of rotatable bonds is 8. The fraction of sp³-hybridized carbons (Fsp3) is 0.238. The maximum atomic E-state index is 12.4. The van der Waals surface area contributed by atoms with Gasteiger partial charge in [-0.15, -0.1) is 11.8 Å². The molecule has 28 heavy (non-hydrogen) atoms. The number of urea groups is 1. The highest BCUT2D eigenvalue weighted by Crippen LogP contribution is 2.22. The minimum Gasteiger partial charge on any atom is -0.338 e. The van der Waals surface area contributed by atoms with Crippen molar-refractivity contribution in [3.8, 4) is 0 Å². The fourth-order valence-corrected chi connectivity index (χ4v) is 3.77. The van der Waals surface area contributed by atoms with Gasteiger partial charge in [-0.1, -0.05) is 41.9 Å². The first-order chi connectivity index (χ1) is 13.6. The van der Waals surface area contributed by atoms with Crippen LogP contribution >= 0.6 is 23.4 Å². The zero-order valence-corrected chi connectivity index (χ0v) is 17.2. The molecule has 0 bridgehead atoms. The number of benzene rings is 2. The van der Waals surface area contributed by atoms with Crippen LogP contribution in [0.3, 0.4) is 0 Å². The quantitative estimate of drug-likeness (QED) is 0.417. The first-order valence-corrected chi connectivity index (χ1v) is 10.4. The molecule has 146 valence electrons. The van der Waals surface area contributed by atoms with E-state index in [1.807, 2.05) is 60.3 Å². The summed E-state index contributed by atoms with van der Waals surface area (Å²) in [5.74, 6) is 1.71. The average Bonchev–Trinajstić information content (AvgIpc) is 3.13. The molecule has 1 atom stereocenters. The van der Waals surface area contributed by atoms with Crippen LogP contribution in [0.25, 0.3) is 0 Å². The molecule has 3 aromatic rings. The van der Waals surface area contributed by atoms with Crippen LogP contribution in [-0.2, 0) is 7.05 Å². The van der Waals surface area contributed by atoms with Gasteiger partial charge in [-0.05, 0) is 42.0 Å². The Morgan fingerprint density at radius 3 is 2.61 bits per heavy atom. The summed E-state index contributed by atoms with van der Waals surface area (Å²) < 4.78 is 1.90. The first kappa shape index (κ1) is 20.3. The monoisotopic (exact) mass is 414 g/mol. The molecule has 0 aliphatic rings. The molecule has 0 radical (unpaired) electrons. The van der Waals surface area contributed by atoms with Crippen LogP contribution in [0.2, 0.25) is 5.02 Å². The fourth-order valence-electron chi connectivity index (χ4n) is 2.77. The van der Waals surface area contributed by atoms with E-state index in [2.05, 4.69) is 27.8 Å². The van der Waals surface area contributed by atoms with Gasteiger partial charge in [0, 0.05) is 35.9 Å². The Labute approximate surface area is 174 Å². The van der Waals surface area contributed by atoms with Crippen LogP contribution in [0, 0.1) is 0 Å². The van der Waals surface area contributed by atoms with Gasteiger partial charge in [0.25, 0.3) is 0 Å². The Morgan fingerprint density at radius 2 is 1.93 bits per heavy atom. The number of imidazole rings is 1. The van der Waals surface area contributed by atoms with E-state index >= 15 is 0 Å². The second-order valence-corrected chi connectivity index (χ2v) is 7.90. The van der Waals surface area contributed by atoms with Gasteiger partial charge in [-0.3, -0.25) is 0 Å². The lowest BCUT2D eigenvalue weighted by molar-refractivity contribution is 0.238. The van der Waals surface area contributed by atoms with Crippen molar-refractivity contribution in [1.29, 1.82) is 0 Å². The summed E-state index contributed by atoms with van der Waals surface area (Å²) in [7, 11) is 1.91. The van der Waals surface area contributed by atoms with Crippen molar-refractivity contribution in [3.05, 3.63) is 83.4 Å². The number of thioether (sulfide) groups is 1. The van der Waals surface area contributed by atoms with Crippen LogP contribution < -0.4 is 10.6 Å². The maximum Gasteiger partial charge on any atom is 0.315 e.